The number of carbonyl (C=O) groups excluding carboxylic acids is 1. The third-order valence-electron chi connectivity index (χ3n) is 3.88. The van der Waals surface area contributed by atoms with Gasteiger partial charge in [0.2, 0.25) is 5.91 Å². The molecule has 1 atom stereocenters. The lowest BCUT2D eigenvalue weighted by Gasteiger charge is -2.26. The SMILES string of the molecule is CCNC(=O)C1CC12CCC(N)CC2. The molecule has 2 aliphatic carbocycles. The summed E-state index contributed by atoms with van der Waals surface area (Å²) in [6, 6.07) is 0.385. The number of amides is 1. The van der Waals surface area contributed by atoms with Crippen LogP contribution < -0.4 is 11.1 Å². The highest BCUT2D eigenvalue weighted by Crippen LogP contribution is 2.61. The zero-order valence-electron chi connectivity index (χ0n) is 8.88. The molecule has 0 bridgehead atoms. The van der Waals surface area contributed by atoms with Gasteiger partial charge in [0, 0.05) is 18.5 Å². The topological polar surface area (TPSA) is 55.1 Å². The summed E-state index contributed by atoms with van der Waals surface area (Å²) < 4.78 is 0. The highest BCUT2D eigenvalue weighted by molar-refractivity contribution is 5.82. The van der Waals surface area contributed by atoms with E-state index >= 15 is 0 Å². The van der Waals surface area contributed by atoms with Crippen molar-refractivity contribution < 1.29 is 4.79 Å². The van der Waals surface area contributed by atoms with E-state index in [9.17, 15) is 4.79 Å². The van der Waals surface area contributed by atoms with E-state index in [0.717, 1.165) is 38.6 Å². The molecule has 0 aliphatic heterocycles. The maximum atomic E-state index is 11.6. The molecule has 0 radical (unpaired) electrons. The smallest absolute Gasteiger partial charge is 0.223 e. The van der Waals surface area contributed by atoms with E-state index in [2.05, 4.69) is 5.32 Å². The van der Waals surface area contributed by atoms with Crippen LogP contribution in [0.5, 0.6) is 0 Å². The van der Waals surface area contributed by atoms with Crippen LogP contribution in [0.25, 0.3) is 0 Å². The molecule has 0 saturated heterocycles. The molecular weight excluding hydrogens is 176 g/mol. The van der Waals surface area contributed by atoms with E-state index in [0.29, 0.717) is 17.4 Å². The number of nitrogens with one attached hydrogen (secondary N) is 1. The fourth-order valence-electron chi connectivity index (χ4n) is 2.78. The molecule has 2 aliphatic rings. The first-order valence-electron chi connectivity index (χ1n) is 5.71. The van der Waals surface area contributed by atoms with Crippen LogP contribution in [0.1, 0.15) is 39.0 Å². The molecule has 2 saturated carbocycles. The van der Waals surface area contributed by atoms with E-state index in [1.165, 1.54) is 0 Å². The molecule has 1 amide bonds. The molecule has 0 aromatic carbocycles. The van der Waals surface area contributed by atoms with Crippen molar-refractivity contribution in [3.63, 3.8) is 0 Å². The fourth-order valence-corrected chi connectivity index (χ4v) is 2.78. The maximum absolute atomic E-state index is 11.6. The van der Waals surface area contributed by atoms with Gasteiger partial charge in [0.05, 0.1) is 0 Å². The zero-order valence-corrected chi connectivity index (χ0v) is 8.88. The number of nitrogens with two attached hydrogens (primary N) is 1. The predicted octanol–water partition coefficient (Wildman–Crippen LogP) is 1.03. The largest absolute Gasteiger partial charge is 0.356 e. The van der Waals surface area contributed by atoms with Crippen LogP contribution >= 0.6 is 0 Å². The lowest BCUT2D eigenvalue weighted by molar-refractivity contribution is -0.123. The van der Waals surface area contributed by atoms with Crippen molar-refractivity contribution in [1.82, 2.24) is 5.32 Å². The molecule has 2 rings (SSSR count). The van der Waals surface area contributed by atoms with Gasteiger partial charge in [-0.2, -0.15) is 0 Å². The van der Waals surface area contributed by atoms with Crippen molar-refractivity contribution in [3.05, 3.63) is 0 Å². The van der Waals surface area contributed by atoms with Crippen molar-refractivity contribution in [3.8, 4) is 0 Å². The first kappa shape index (κ1) is 9.97. The Labute approximate surface area is 85.4 Å². The second kappa shape index (κ2) is 3.54. The van der Waals surface area contributed by atoms with Crippen molar-refractivity contribution in [2.45, 2.75) is 45.1 Å². The Morgan fingerprint density at radius 1 is 1.50 bits per heavy atom. The zero-order chi connectivity index (χ0) is 10.2. The van der Waals surface area contributed by atoms with Crippen LogP contribution in [0.2, 0.25) is 0 Å². The molecule has 2 fully saturated rings. The summed E-state index contributed by atoms with van der Waals surface area (Å²) in [5, 5.41) is 2.92. The van der Waals surface area contributed by atoms with Crippen LogP contribution in [0, 0.1) is 11.3 Å². The number of hydrogen-bond acceptors (Lipinski definition) is 2. The van der Waals surface area contributed by atoms with E-state index in [1.54, 1.807) is 0 Å². The molecule has 0 heterocycles. The van der Waals surface area contributed by atoms with E-state index in [4.69, 9.17) is 5.73 Å². The van der Waals surface area contributed by atoms with Gasteiger partial charge in [-0.15, -0.1) is 0 Å². The van der Waals surface area contributed by atoms with Crippen molar-refractivity contribution in [1.29, 1.82) is 0 Å². The summed E-state index contributed by atoms with van der Waals surface area (Å²) in [4.78, 5) is 11.6. The molecule has 0 aromatic rings. The summed E-state index contributed by atoms with van der Waals surface area (Å²) in [7, 11) is 0. The normalized spacial score (nSPS) is 41.0. The number of hydrogen-bond donors (Lipinski definition) is 2. The summed E-state index contributed by atoms with van der Waals surface area (Å²) in [5.74, 6) is 0.568. The van der Waals surface area contributed by atoms with Crippen LogP contribution in [-0.2, 0) is 4.79 Å². The monoisotopic (exact) mass is 196 g/mol. The van der Waals surface area contributed by atoms with E-state index in [-0.39, 0.29) is 5.91 Å². The fraction of sp³-hybridized carbons (Fsp3) is 0.909. The Bertz CT molecular complexity index is 231. The lowest BCUT2D eigenvalue weighted by atomic mass is 9.82. The van der Waals surface area contributed by atoms with Gasteiger partial charge in [-0.25, -0.2) is 0 Å². The number of carbonyl (C=O) groups is 1. The first-order valence-corrected chi connectivity index (χ1v) is 5.71. The summed E-state index contributed by atoms with van der Waals surface area (Å²) in [6.07, 6.45) is 5.64. The average molecular weight is 196 g/mol. The Hall–Kier alpha value is -0.570. The minimum absolute atomic E-state index is 0.267. The Kier molecular flexibility index (Phi) is 2.52. The molecular formula is C11H20N2O. The maximum Gasteiger partial charge on any atom is 0.223 e. The highest BCUT2D eigenvalue weighted by Gasteiger charge is 2.57. The molecule has 14 heavy (non-hydrogen) atoms. The molecule has 3 heteroatoms. The summed E-state index contributed by atoms with van der Waals surface area (Å²) >= 11 is 0. The minimum atomic E-state index is 0.267. The van der Waals surface area contributed by atoms with Gasteiger partial charge in [0.15, 0.2) is 0 Å². The van der Waals surface area contributed by atoms with Crippen molar-refractivity contribution in [2.24, 2.45) is 17.1 Å². The lowest BCUT2D eigenvalue weighted by Crippen LogP contribution is -2.31. The Morgan fingerprint density at radius 3 is 2.71 bits per heavy atom. The molecule has 1 spiro atoms. The highest BCUT2D eigenvalue weighted by atomic mass is 16.2. The molecule has 3 nitrogen and oxygen atoms in total. The third kappa shape index (κ3) is 1.65. The Morgan fingerprint density at radius 2 is 2.14 bits per heavy atom. The number of rotatable bonds is 2. The second-order valence-electron chi connectivity index (χ2n) is 4.85. The van der Waals surface area contributed by atoms with Gasteiger partial charge in [0.25, 0.3) is 0 Å². The van der Waals surface area contributed by atoms with Gasteiger partial charge in [-0.1, -0.05) is 0 Å². The summed E-state index contributed by atoms with van der Waals surface area (Å²) in [6.45, 7) is 2.73. The molecule has 80 valence electrons. The van der Waals surface area contributed by atoms with Gasteiger partial charge >= 0.3 is 0 Å². The van der Waals surface area contributed by atoms with Gasteiger partial charge in [0.1, 0.15) is 0 Å². The summed E-state index contributed by atoms with van der Waals surface area (Å²) in [5.41, 5.74) is 6.22. The van der Waals surface area contributed by atoms with Crippen molar-refractivity contribution >= 4 is 5.91 Å². The van der Waals surface area contributed by atoms with E-state index < -0.39 is 0 Å². The van der Waals surface area contributed by atoms with Gasteiger partial charge in [-0.05, 0) is 44.4 Å². The Balaban J connectivity index is 1.87. The van der Waals surface area contributed by atoms with Crippen LogP contribution in [0.3, 0.4) is 0 Å². The molecule has 1 unspecified atom stereocenters. The molecule has 0 aromatic heterocycles. The van der Waals surface area contributed by atoms with E-state index in [1.807, 2.05) is 6.92 Å². The minimum Gasteiger partial charge on any atom is -0.356 e. The van der Waals surface area contributed by atoms with Crippen molar-refractivity contribution in [2.75, 3.05) is 6.54 Å². The predicted molar refractivity (Wildman–Crippen MR) is 55.7 cm³/mol. The first-order chi connectivity index (χ1) is 6.68. The van der Waals surface area contributed by atoms with Gasteiger partial charge in [-0.3, -0.25) is 4.79 Å². The van der Waals surface area contributed by atoms with Crippen LogP contribution in [0.4, 0.5) is 0 Å². The van der Waals surface area contributed by atoms with Gasteiger partial charge < -0.3 is 11.1 Å². The standard InChI is InChI=1S/C11H20N2O/c1-2-13-10(14)9-7-11(9)5-3-8(12)4-6-11/h8-9H,2-7,12H2,1H3,(H,13,14). The van der Waals surface area contributed by atoms with Crippen LogP contribution in [0.15, 0.2) is 0 Å². The van der Waals surface area contributed by atoms with Crippen LogP contribution in [-0.4, -0.2) is 18.5 Å². The molecule has 3 N–H and O–H groups in total. The average Bonchev–Trinajstić information content (AvgIpc) is 2.87. The third-order valence-corrected chi connectivity index (χ3v) is 3.88. The quantitative estimate of drug-likeness (QED) is 0.693. The second-order valence-corrected chi connectivity index (χ2v) is 4.85.